The van der Waals surface area contributed by atoms with Crippen LogP contribution in [0.3, 0.4) is 0 Å². The number of hydrogen-bond acceptors (Lipinski definition) is 5. The highest BCUT2D eigenvalue weighted by atomic mass is 16.6. The van der Waals surface area contributed by atoms with Gasteiger partial charge in [-0.1, -0.05) is 24.3 Å². The van der Waals surface area contributed by atoms with Crippen molar-refractivity contribution in [1.82, 2.24) is 4.98 Å². The minimum absolute atomic E-state index is 0.0301. The van der Waals surface area contributed by atoms with Crippen LogP contribution in [-0.4, -0.2) is 27.6 Å². The number of carbonyl (C=O) groups is 1. The van der Waals surface area contributed by atoms with Gasteiger partial charge in [0.15, 0.2) is 6.61 Å². The number of nitrogens with zero attached hydrogens (tertiary/aromatic N) is 2. The third-order valence-electron chi connectivity index (χ3n) is 3.62. The first kappa shape index (κ1) is 17.1. The fraction of sp³-hybridized carbons (Fsp3) is 0.0526. The number of aromatic nitrogens is 1. The molecule has 0 saturated carbocycles. The van der Waals surface area contributed by atoms with E-state index in [0.29, 0.717) is 22.3 Å². The van der Waals surface area contributed by atoms with Gasteiger partial charge in [-0.2, -0.15) is 0 Å². The quantitative estimate of drug-likeness (QED) is 0.536. The smallest absolute Gasteiger partial charge is 0.341 e. The van der Waals surface area contributed by atoms with E-state index in [0.717, 1.165) is 5.56 Å². The van der Waals surface area contributed by atoms with Gasteiger partial charge in [0.1, 0.15) is 5.75 Å². The highest BCUT2D eigenvalue weighted by molar-refractivity contribution is 5.89. The molecule has 3 aromatic rings. The summed E-state index contributed by atoms with van der Waals surface area (Å²) in [6.45, 7) is -0.387. The Morgan fingerprint density at radius 1 is 1.12 bits per heavy atom. The summed E-state index contributed by atoms with van der Waals surface area (Å²) in [5.74, 6) is -0.558. The standard InChI is InChI=1S/C19H14N2O5/c22-19(23)12-26-15-9-5-13(6-10-15)4-7-14-8-11-16-17(20-14)2-1-3-18(16)21(24)25/h1-11H,12H2,(H,22,23)/b7-4+. The number of non-ortho nitro benzene ring substituents is 1. The zero-order valence-electron chi connectivity index (χ0n) is 13.5. The number of ether oxygens (including phenoxy) is 1. The maximum atomic E-state index is 11.0. The van der Waals surface area contributed by atoms with Gasteiger partial charge in [-0.15, -0.1) is 0 Å². The maximum absolute atomic E-state index is 11.0. The Morgan fingerprint density at radius 3 is 2.58 bits per heavy atom. The van der Waals surface area contributed by atoms with Crippen molar-refractivity contribution in [3.63, 3.8) is 0 Å². The van der Waals surface area contributed by atoms with Crippen molar-refractivity contribution in [1.29, 1.82) is 0 Å². The largest absolute Gasteiger partial charge is 0.482 e. The van der Waals surface area contributed by atoms with Gasteiger partial charge >= 0.3 is 5.97 Å². The highest BCUT2D eigenvalue weighted by Crippen LogP contribution is 2.24. The molecule has 0 amide bonds. The monoisotopic (exact) mass is 350 g/mol. The lowest BCUT2D eigenvalue weighted by Gasteiger charge is -2.03. The SMILES string of the molecule is O=C(O)COc1ccc(/C=C/c2ccc3c([N+](=O)[O-])cccc3n2)cc1. The van der Waals surface area contributed by atoms with Gasteiger partial charge in [0.25, 0.3) is 5.69 Å². The highest BCUT2D eigenvalue weighted by Gasteiger charge is 2.11. The second-order valence-electron chi connectivity index (χ2n) is 5.42. The van der Waals surface area contributed by atoms with Crippen LogP contribution in [0.15, 0.2) is 54.6 Å². The van der Waals surface area contributed by atoms with E-state index in [1.807, 2.05) is 6.08 Å². The molecule has 0 unspecified atom stereocenters. The molecule has 0 radical (unpaired) electrons. The van der Waals surface area contributed by atoms with Crippen molar-refractivity contribution in [3.8, 4) is 5.75 Å². The van der Waals surface area contributed by atoms with Crippen molar-refractivity contribution in [3.05, 3.63) is 76.0 Å². The van der Waals surface area contributed by atoms with E-state index in [9.17, 15) is 14.9 Å². The maximum Gasteiger partial charge on any atom is 0.341 e. The molecule has 7 nitrogen and oxygen atoms in total. The third kappa shape index (κ3) is 4.02. The fourth-order valence-electron chi connectivity index (χ4n) is 2.41. The Hall–Kier alpha value is -3.74. The number of aliphatic carboxylic acids is 1. The van der Waals surface area contributed by atoms with E-state index in [4.69, 9.17) is 9.84 Å². The summed E-state index contributed by atoms with van der Waals surface area (Å²) in [7, 11) is 0. The zero-order valence-corrected chi connectivity index (χ0v) is 13.5. The van der Waals surface area contributed by atoms with Crippen LogP contribution in [0.5, 0.6) is 5.75 Å². The Labute approximate surface area is 148 Å². The van der Waals surface area contributed by atoms with E-state index in [-0.39, 0.29) is 12.3 Å². The molecular formula is C19H14N2O5. The van der Waals surface area contributed by atoms with Crippen LogP contribution < -0.4 is 4.74 Å². The topological polar surface area (TPSA) is 103 Å². The molecular weight excluding hydrogens is 336 g/mol. The van der Waals surface area contributed by atoms with Gasteiger partial charge in [-0.25, -0.2) is 9.78 Å². The lowest BCUT2D eigenvalue weighted by atomic mass is 10.1. The number of hydrogen-bond donors (Lipinski definition) is 1. The molecule has 0 spiro atoms. The van der Waals surface area contributed by atoms with Crippen molar-refractivity contribution < 1.29 is 19.6 Å². The molecule has 0 bridgehead atoms. The van der Waals surface area contributed by atoms with Gasteiger partial charge in [0, 0.05) is 6.07 Å². The van der Waals surface area contributed by atoms with Crippen LogP contribution in [0.2, 0.25) is 0 Å². The first-order chi connectivity index (χ1) is 12.5. The van der Waals surface area contributed by atoms with Crippen LogP contribution in [0.25, 0.3) is 23.1 Å². The van der Waals surface area contributed by atoms with E-state index in [1.165, 1.54) is 6.07 Å². The number of nitro benzene ring substituents is 1. The molecule has 0 aliphatic heterocycles. The Kier molecular flexibility index (Phi) is 4.89. The molecule has 0 fully saturated rings. The Bertz CT molecular complexity index is 996. The van der Waals surface area contributed by atoms with Crippen molar-refractivity contribution in [2.45, 2.75) is 0 Å². The molecule has 0 aliphatic rings. The summed E-state index contributed by atoms with van der Waals surface area (Å²) in [6.07, 6.45) is 3.64. The molecule has 1 heterocycles. The fourth-order valence-corrected chi connectivity index (χ4v) is 2.41. The van der Waals surface area contributed by atoms with Crippen molar-refractivity contribution >= 4 is 34.7 Å². The van der Waals surface area contributed by atoms with E-state index < -0.39 is 10.9 Å². The summed E-state index contributed by atoms with van der Waals surface area (Å²) in [6, 6.07) is 15.1. The van der Waals surface area contributed by atoms with Crippen LogP contribution in [0, 0.1) is 10.1 Å². The van der Waals surface area contributed by atoms with Crippen LogP contribution in [-0.2, 0) is 4.79 Å². The first-order valence-corrected chi connectivity index (χ1v) is 7.70. The minimum atomic E-state index is -1.03. The number of nitro groups is 1. The number of rotatable bonds is 6. The molecule has 3 rings (SSSR count). The van der Waals surface area contributed by atoms with Gasteiger partial charge < -0.3 is 9.84 Å². The molecule has 1 N–H and O–H groups in total. The second kappa shape index (κ2) is 7.43. The summed E-state index contributed by atoms with van der Waals surface area (Å²) >= 11 is 0. The van der Waals surface area contributed by atoms with Crippen LogP contribution >= 0.6 is 0 Å². The molecule has 130 valence electrons. The molecule has 7 heteroatoms. The van der Waals surface area contributed by atoms with Crippen LogP contribution in [0.4, 0.5) is 5.69 Å². The van der Waals surface area contributed by atoms with E-state index in [1.54, 1.807) is 54.6 Å². The normalized spacial score (nSPS) is 10.9. The Balaban J connectivity index is 1.78. The van der Waals surface area contributed by atoms with E-state index >= 15 is 0 Å². The predicted molar refractivity (Wildman–Crippen MR) is 96.9 cm³/mol. The summed E-state index contributed by atoms with van der Waals surface area (Å²) < 4.78 is 5.07. The zero-order chi connectivity index (χ0) is 18.5. The van der Waals surface area contributed by atoms with Gasteiger partial charge in [-0.05, 0) is 42.0 Å². The average molecular weight is 350 g/mol. The van der Waals surface area contributed by atoms with Gasteiger partial charge in [-0.3, -0.25) is 10.1 Å². The lowest BCUT2D eigenvalue weighted by Crippen LogP contribution is -2.09. The molecule has 1 aromatic heterocycles. The molecule has 2 aromatic carbocycles. The predicted octanol–water partition coefficient (Wildman–Crippen LogP) is 3.78. The second-order valence-corrected chi connectivity index (χ2v) is 5.42. The van der Waals surface area contributed by atoms with Crippen molar-refractivity contribution in [2.75, 3.05) is 6.61 Å². The molecule has 0 aliphatic carbocycles. The number of fused-ring (bicyclic) bond motifs is 1. The average Bonchev–Trinajstić information content (AvgIpc) is 2.64. The number of benzene rings is 2. The third-order valence-corrected chi connectivity index (χ3v) is 3.62. The van der Waals surface area contributed by atoms with Gasteiger partial charge in [0.05, 0.1) is 21.5 Å². The molecule has 26 heavy (non-hydrogen) atoms. The lowest BCUT2D eigenvalue weighted by molar-refractivity contribution is -0.383. The molecule has 0 atom stereocenters. The minimum Gasteiger partial charge on any atom is -0.482 e. The summed E-state index contributed by atoms with van der Waals surface area (Å²) in [5, 5.41) is 20.1. The number of carboxylic acid groups (broad SMARTS) is 1. The summed E-state index contributed by atoms with van der Waals surface area (Å²) in [5.41, 5.74) is 2.14. The number of carboxylic acids is 1. The molecule has 0 saturated heterocycles. The van der Waals surface area contributed by atoms with E-state index in [2.05, 4.69) is 4.98 Å². The first-order valence-electron chi connectivity index (χ1n) is 7.70. The van der Waals surface area contributed by atoms with Crippen molar-refractivity contribution in [2.24, 2.45) is 0 Å². The Morgan fingerprint density at radius 2 is 1.88 bits per heavy atom. The summed E-state index contributed by atoms with van der Waals surface area (Å²) in [4.78, 5) is 25.5. The van der Waals surface area contributed by atoms with Crippen LogP contribution in [0.1, 0.15) is 11.3 Å². The number of pyridine rings is 1. The van der Waals surface area contributed by atoms with Gasteiger partial charge in [0.2, 0.25) is 0 Å².